The molecule has 0 fully saturated rings. The molecule has 1 N–H and O–H groups in total. The number of nitrogens with one attached hydrogen (secondary N) is 1. The standard InChI is InChI=1S/C11H15N5S/c1-2-5-14-11-15-8-10(17-11)9-16(6-3-12)7-4-13/h8H,2,5-7,9H2,1H3,(H,14,15). The molecule has 90 valence electrons. The summed E-state index contributed by atoms with van der Waals surface area (Å²) in [5.74, 6) is 0. The second-order valence-corrected chi connectivity index (χ2v) is 4.64. The van der Waals surface area contributed by atoms with E-state index in [2.05, 4.69) is 29.4 Å². The van der Waals surface area contributed by atoms with Crippen LogP contribution in [0.15, 0.2) is 6.20 Å². The van der Waals surface area contributed by atoms with E-state index in [1.807, 2.05) is 0 Å². The van der Waals surface area contributed by atoms with Gasteiger partial charge in [-0.15, -0.1) is 11.3 Å². The predicted octanol–water partition coefficient (Wildman–Crippen LogP) is 1.81. The van der Waals surface area contributed by atoms with Crippen molar-refractivity contribution < 1.29 is 0 Å². The minimum atomic E-state index is 0.267. The summed E-state index contributed by atoms with van der Waals surface area (Å²) in [5, 5.41) is 21.4. The first-order valence-corrected chi connectivity index (χ1v) is 6.26. The largest absolute Gasteiger partial charge is 0.362 e. The van der Waals surface area contributed by atoms with Crippen molar-refractivity contribution in [2.45, 2.75) is 19.9 Å². The first-order valence-electron chi connectivity index (χ1n) is 5.45. The molecule has 0 saturated carbocycles. The first kappa shape index (κ1) is 13.4. The van der Waals surface area contributed by atoms with E-state index >= 15 is 0 Å². The highest BCUT2D eigenvalue weighted by molar-refractivity contribution is 7.15. The molecule has 0 aliphatic rings. The Hall–Kier alpha value is -1.63. The van der Waals surface area contributed by atoms with E-state index in [0.717, 1.165) is 23.0 Å². The van der Waals surface area contributed by atoms with Crippen LogP contribution in [0.25, 0.3) is 0 Å². The van der Waals surface area contributed by atoms with Crippen molar-refractivity contribution in [1.29, 1.82) is 10.5 Å². The van der Waals surface area contributed by atoms with Gasteiger partial charge in [0.2, 0.25) is 0 Å². The summed E-state index contributed by atoms with van der Waals surface area (Å²) < 4.78 is 0. The van der Waals surface area contributed by atoms with Gasteiger partial charge in [0.25, 0.3) is 0 Å². The summed E-state index contributed by atoms with van der Waals surface area (Å²) >= 11 is 1.57. The van der Waals surface area contributed by atoms with Crippen LogP contribution in [0.3, 0.4) is 0 Å². The molecule has 1 heterocycles. The van der Waals surface area contributed by atoms with Crippen molar-refractivity contribution in [2.24, 2.45) is 0 Å². The van der Waals surface area contributed by atoms with Gasteiger partial charge >= 0.3 is 0 Å². The van der Waals surface area contributed by atoms with Crippen LogP contribution >= 0.6 is 11.3 Å². The minimum absolute atomic E-state index is 0.267. The van der Waals surface area contributed by atoms with E-state index in [1.54, 1.807) is 22.4 Å². The zero-order valence-corrected chi connectivity index (χ0v) is 10.6. The third kappa shape index (κ3) is 4.81. The maximum absolute atomic E-state index is 8.64. The van der Waals surface area contributed by atoms with Crippen molar-refractivity contribution in [3.63, 3.8) is 0 Å². The fourth-order valence-corrected chi connectivity index (χ4v) is 2.16. The summed E-state index contributed by atoms with van der Waals surface area (Å²) in [4.78, 5) is 7.09. The van der Waals surface area contributed by atoms with Gasteiger partial charge in [0, 0.05) is 24.2 Å². The predicted molar refractivity (Wildman–Crippen MR) is 67.4 cm³/mol. The summed E-state index contributed by atoms with van der Waals surface area (Å²) in [6, 6.07) is 4.11. The van der Waals surface area contributed by atoms with E-state index in [-0.39, 0.29) is 13.1 Å². The van der Waals surface area contributed by atoms with Crippen molar-refractivity contribution >= 4 is 16.5 Å². The Morgan fingerprint density at radius 2 is 2.12 bits per heavy atom. The van der Waals surface area contributed by atoms with Crippen LogP contribution in [0.2, 0.25) is 0 Å². The van der Waals surface area contributed by atoms with E-state index in [9.17, 15) is 0 Å². The minimum Gasteiger partial charge on any atom is -0.362 e. The number of nitriles is 2. The topological polar surface area (TPSA) is 75.7 Å². The Labute approximate surface area is 105 Å². The van der Waals surface area contributed by atoms with E-state index in [4.69, 9.17) is 10.5 Å². The lowest BCUT2D eigenvalue weighted by Gasteiger charge is -2.12. The van der Waals surface area contributed by atoms with Gasteiger partial charge in [-0.05, 0) is 6.42 Å². The molecule has 5 nitrogen and oxygen atoms in total. The van der Waals surface area contributed by atoms with Crippen LogP contribution in [-0.4, -0.2) is 29.5 Å². The fraction of sp³-hybridized carbons (Fsp3) is 0.545. The van der Waals surface area contributed by atoms with Crippen molar-refractivity contribution in [3.8, 4) is 12.1 Å². The molecular weight excluding hydrogens is 234 g/mol. The van der Waals surface area contributed by atoms with Gasteiger partial charge in [0.05, 0.1) is 25.2 Å². The molecule has 0 spiro atoms. The molecule has 0 unspecified atom stereocenters. The van der Waals surface area contributed by atoms with Crippen LogP contribution in [0.1, 0.15) is 18.2 Å². The van der Waals surface area contributed by atoms with E-state index < -0.39 is 0 Å². The van der Waals surface area contributed by atoms with E-state index in [0.29, 0.717) is 6.54 Å². The van der Waals surface area contributed by atoms with Crippen molar-refractivity contribution in [3.05, 3.63) is 11.1 Å². The SMILES string of the molecule is CCCNc1ncc(CN(CC#N)CC#N)s1. The first-order chi connectivity index (χ1) is 8.30. The molecule has 0 saturated heterocycles. The summed E-state index contributed by atoms with van der Waals surface area (Å²) in [6.07, 6.45) is 2.86. The molecule has 0 aromatic carbocycles. The molecule has 0 amide bonds. The molecule has 0 atom stereocenters. The van der Waals surface area contributed by atoms with Gasteiger partial charge in [-0.25, -0.2) is 4.98 Å². The molecule has 0 aliphatic carbocycles. The van der Waals surface area contributed by atoms with Crippen LogP contribution in [0, 0.1) is 22.7 Å². The third-order valence-corrected chi connectivity index (χ3v) is 2.99. The molecule has 17 heavy (non-hydrogen) atoms. The number of hydrogen-bond donors (Lipinski definition) is 1. The molecule has 0 aliphatic heterocycles. The zero-order chi connectivity index (χ0) is 12.5. The van der Waals surface area contributed by atoms with Gasteiger partial charge in [-0.2, -0.15) is 10.5 Å². The van der Waals surface area contributed by atoms with Crippen LogP contribution in [0.5, 0.6) is 0 Å². The average molecular weight is 249 g/mol. The quantitative estimate of drug-likeness (QED) is 0.746. The van der Waals surface area contributed by atoms with Crippen molar-refractivity contribution in [2.75, 3.05) is 25.0 Å². The number of hydrogen-bond acceptors (Lipinski definition) is 6. The van der Waals surface area contributed by atoms with Crippen LogP contribution < -0.4 is 5.32 Å². The maximum Gasteiger partial charge on any atom is 0.182 e. The molecule has 0 radical (unpaired) electrons. The molecule has 1 aromatic heterocycles. The van der Waals surface area contributed by atoms with Crippen molar-refractivity contribution in [1.82, 2.24) is 9.88 Å². The normalized spacial score (nSPS) is 9.88. The zero-order valence-electron chi connectivity index (χ0n) is 9.81. The highest BCUT2D eigenvalue weighted by Crippen LogP contribution is 2.19. The highest BCUT2D eigenvalue weighted by atomic mass is 32.1. The average Bonchev–Trinajstić information content (AvgIpc) is 2.75. The summed E-state index contributed by atoms with van der Waals surface area (Å²) in [6.45, 7) is 4.15. The Morgan fingerprint density at radius 3 is 2.71 bits per heavy atom. The Balaban J connectivity index is 2.52. The molecule has 6 heteroatoms. The third-order valence-electron chi connectivity index (χ3n) is 2.05. The lowest BCUT2D eigenvalue weighted by Crippen LogP contribution is -2.23. The maximum atomic E-state index is 8.64. The summed E-state index contributed by atoms with van der Waals surface area (Å²) in [7, 11) is 0. The lowest BCUT2D eigenvalue weighted by atomic mass is 10.4. The van der Waals surface area contributed by atoms with Crippen LogP contribution in [0.4, 0.5) is 5.13 Å². The fourth-order valence-electron chi connectivity index (χ4n) is 1.28. The Kier molecular flexibility index (Phi) is 6.02. The molecule has 0 bridgehead atoms. The second-order valence-electron chi connectivity index (χ2n) is 3.52. The summed E-state index contributed by atoms with van der Waals surface area (Å²) in [5.41, 5.74) is 0. The van der Waals surface area contributed by atoms with Gasteiger partial charge in [-0.1, -0.05) is 6.92 Å². The number of thiazole rings is 1. The Bertz CT molecular complexity index is 398. The van der Waals surface area contributed by atoms with Gasteiger partial charge in [-0.3, -0.25) is 4.90 Å². The number of rotatable bonds is 7. The highest BCUT2D eigenvalue weighted by Gasteiger charge is 2.07. The van der Waals surface area contributed by atoms with E-state index in [1.165, 1.54) is 0 Å². The molecule has 1 aromatic rings. The Morgan fingerprint density at radius 1 is 1.41 bits per heavy atom. The smallest absolute Gasteiger partial charge is 0.182 e. The lowest BCUT2D eigenvalue weighted by molar-refractivity contribution is 0.337. The van der Waals surface area contributed by atoms with Gasteiger partial charge < -0.3 is 5.32 Å². The van der Waals surface area contributed by atoms with Gasteiger partial charge in [0.15, 0.2) is 5.13 Å². The molecular formula is C11H15N5S. The number of anilines is 1. The van der Waals surface area contributed by atoms with Gasteiger partial charge in [0.1, 0.15) is 0 Å². The number of aromatic nitrogens is 1. The van der Waals surface area contributed by atoms with Crippen LogP contribution in [-0.2, 0) is 6.54 Å². The second kappa shape index (κ2) is 7.61. The number of nitrogens with zero attached hydrogens (tertiary/aromatic N) is 4. The molecule has 1 rings (SSSR count). The monoisotopic (exact) mass is 249 g/mol.